The van der Waals surface area contributed by atoms with E-state index < -0.39 is 6.10 Å². The Hall–Kier alpha value is -1.62. The average Bonchev–Trinajstić information content (AvgIpc) is 2.73. The Morgan fingerprint density at radius 1 is 1.36 bits per heavy atom. The molecule has 5 heteroatoms. The smallest absolute Gasteiger partial charge is 0.124 e. The molecular formula is C9H12N4O. The summed E-state index contributed by atoms with van der Waals surface area (Å²) in [4.78, 5) is 0. The standard InChI is InChI=1S/C9H12N4O/c1-12-6-7(5-11-12)9(14)8-3-4-10-13(8)2/h3-6,9,14H,1-2H3. The minimum Gasteiger partial charge on any atom is -0.382 e. The van der Waals surface area contributed by atoms with Gasteiger partial charge in [0.15, 0.2) is 0 Å². The fourth-order valence-corrected chi connectivity index (χ4v) is 1.40. The van der Waals surface area contributed by atoms with Crippen LogP contribution in [0.4, 0.5) is 0 Å². The normalized spacial score (nSPS) is 13.1. The number of aryl methyl sites for hydroxylation is 2. The number of nitrogens with zero attached hydrogens (tertiary/aromatic N) is 4. The highest BCUT2D eigenvalue weighted by molar-refractivity contribution is 5.20. The predicted octanol–water partition coefficient (Wildman–Crippen LogP) is 0.235. The lowest BCUT2D eigenvalue weighted by molar-refractivity contribution is 0.209. The third-order valence-electron chi connectivity index (χ3n) is 2.18. The second-order valence-electron chi connectivity index (χ2n) is 3.23. The zero-order valence-corrected chi connectivity index (χ0v) is 8.12. The van der Waals surface area contributed by atoms with Gasteiger partial charge in [-0.05, 0) is 6.07 Å². The van der Waals surface area contributed by atoms with E-state index in [1.807, 2.05) is 7.05 Å². The van der Waals surface area contributed by atoms with Crippen molar-refractivity contribution in [3.05, 3.63) is 35.9 Å². The van der Waals surface area contributed by atoms with Gasteiger partial charge in [0.05, 0.1) is 11.9 Å². The van der Waals surface area contributed by atoms with Crippen LogP contribution in [-0.4, -0.2) is 24.7 Å². The van der Waals surface area contributed by atoms with Crippen LogP contribution < -0.4 is 0 Å². The molecule has 0 fully saturated rings. The molecule has 0 saturated carbocycles. The Kier molecular flexibility index (Phi) is 2.09. The maximum Gasteiger partial charge on any atom is 0.124 e. The van der Waals surface area contributed by atoms with Gasteiger partial charge in [0.2, 0.25) is 0 Å². The Morgan fingerprint density at radius 3 is 2.64 bits per heavy atom. The van der Waals surface area contributed by atoms with Gasteiger partial charge in [0.25, 0.3) is 0 Å². The van der Waals surface area contributed by atoms with Crippen LogP contribution in [0.5, 0.6) is 0 Å². The molecule has 0 aliphatic heterocycles. The zero-order valence-electron chi connectivity index (χ0n) is 8.12. The number of rotatable bonds is 2. The van der Waals surface area contributed by atoms with Gasteiger partial charge in [-0.15, -0.1) is 0 Å². The number of hydrogen-bond donors (Lipinski definition) is 1. The fraction of sp³-hybridized carbons (Fsp3) is 0.333. The summed E-state index contributed by atoms with van der Waals surface area (Å²) in [5, 5.41) is 18.0. The summed E-state index contributed by atoms with van der Waals surface area (Å²) in [5.74, 6) is 0. The Balaban J connectivity index is 2.33. The summed E-state index contributed by atoms with van der Waals surface area (Å²) in [6, 6.07) is 1.79. The summed E-state index contributed by atoms with van der Waals surface area (Å²) in [7, 11) is 3.62. The molecule has 2 rings (SSSR count). The molecule has 5 nitrogen and oxygen atoms in total. The van der Waals surface area contributed by atoms with E-state index in [2.05, 4.69) is 10.2 Å². The summed E-state index contributed by atoms with van der Waals surface area (Å²) in [6.45, 7) is 0. The summed E-state index contributed by atoms with van der Waals surface area (Å²) in [6.07, 6.45) is 4.45. The highest BCUT2D eigenvalue weighted by Crippen LogP contribution is 2.19. The van der Waals surface area contributed by atoms with Crippen molar-refractivity contribution in [1.29, 1.82) is 0 Å². The molecule has 1 unspecified atom stereocenters. The zero-order chi connectivity index (χ0) is 10.1. The number of aliphatic hydroxyl groups excluding tert-OH is 1. The second kappa shape index (κ2) is 3.26. The molecule has 0 bridgehead atoms. The average molecular weight is 192 g/mol. The van der Waals surface area contributed by atoms with E-state index in [9.17, 15) is 5.11 Å². The van der Waals surface area contributed by atoms with Gasteiger partial charge in [-0.3, -0.25) is 9.36 Å². The summed E-state index contributed by atoms with van der Waals surface area (Å²) in [5.41, 5.74) is 1.54. The van der Waals surface area contributed by atoms with E-state index in [0.29, 0.717) is 0 Å². The van der Waals surface area contributed by atoms with Crippen molar-refractivity contribution < 1.29 is 5.11 Å². The second-order valence-corrected chi connectivity index (χ2v) is 3.23. The molecule has 0 aromatic carbocycles. The topological polar surface area (TPSA) is 55.9 Å². The molecule has 74 valence electrons. The molecule has 0 saturated heterocycles. The van der Waals surface area contributed by atoms with E-state index in [4.69, 9.17) is 0 Å². The maximum absolute atomic E-state index is 9.96. The quantitative estimate of drug-likeness (QED) is 0.741. The lowest BCUT2D eigenvalue weighted by atomic mass is 10.1. The van der Waals surface area contributed by atoms with E-state index in [0.717, 1.165) is 11.3 Å². The van der Waals surface area contributed by atoms with Gasteiger partial charge in [0, 0.05) is 32.1 Å². The molecule has 0 aliphatic carbocycles. The van der Waals surface area contributed by atoms with Gasteiger partial charge < -0.3 is 5.11 Å². The monoisotopic (exact) mass is 192 g/mol. The molecular weight excluding hydrogens is 180 g/mol. The van der Waals surface area contributed by atoms with E-state index in [-0.39, 0.29) is 0 Å². The SMILES string of the molecule is Cn1cc(C(O)c2ccnn2C)cn1. The van der Waals surface area contributed by atoms with Crippen LogP contribution in [0.2, 0.25) is 0 Å². The van der Waals surface area contributed by atoms with E-state index in [1.165, 1.54) is 0 Å². The van der Waals surface area contributed by atoms with Crippen LogP contribution in [-0.2, 0) is 14.1 Å². The largest absolute Gasteiger partial charge is 0.382 e. The first-order chi connectivity index (χ1) is 6.68. The number of aliphatic hydroxyl groups is 1. The van der Waals surface area contributed by atoms with Crippen molar-refractivity contribution in [2.75, 3.05) is 0 Å². The molecule has 0 spiro atoms. The molecule has 0 radical (unpaired) electrons. The molecule has 0 amide bonds. The lowest BCUT2D eigenvalue weighted by Gasteiger charge is -2.07. The maximum atomic E-state index is 9.96. The number of hydrogen-bond acceptors (Lipinski definition) is 3. The third kappa shape index (κ3) is 1.42. The fourth-order valence-electron chi connectivity index (χ4n) is 1.40. The first-order valence-electron chi connectivity index (χ1n) is 4.33. The summed E-state index contributed by atoms with van der Waals surface area (Å²) < 4.78 is 3.31. The van der Waals surface area contributed by atoms with Crippen molar-refractivity contribution >= 4 is 0 Å². The molecule has 2 aromatic rings. The third-order valence-corrected chi connectivity index (χ3v) is 2.18. The van der Waals surface area contributed by atoms with E-state index in [1.54, 1.807) is 41.1 Å². The first kappa shape index (κ1) is 8.96. The van der Waals surface area contributed by atoms with E-state index >= 15 is 0 Å². The molecule has 1 atom stereocenters. The van der Waals surface area contributed by atoms with Crippen molar-refractivity contribution in [2.45, 2.75) is 6.10 Å². The van der Waals surface area contributed by atoms with Crippen LogP contribution in [0.15, 0.2) is 24.7 Å². The van der Waals surface area contributed by atoms with Crippen molar-refractivity contribution in [1.82, 2.24) is 19.6 Å². The molecule has 14 heavy (non-hydrogen) atoms. The van der Waals surface area contributed by atoms with Crippen LogP contribution >= 0.6 is 0 Å². The van der Waals surface area contributed by atoms with Crippen LogP contribution in [0.3, 0.4) is 0 Å². The molecule has 0 aliphatic rings. The number of aromatic nitrogens is 4. The van der Waals surface area contributed by atoms with Crippen molar-refractivity contribution in [3.8, 4) is 0 Å². The first-order valence-corrected chi connectivity index (χ1v) is 4.33. The highest BCUT2D eigenvalue weighted by Gasteiger charge is 2.14. The summed E-state index contributed by atoms with van der Waals surface area (Å²) >= 11 is 0. The van der Waals surface area contributed by atoms with Gasteiger partial charge in [-0.1, -0.05) is 0 Å². The van der Waals surface area contributed by atoms with Crippen LogP contribution in [0.25, 0.3) is 0 Å². The molecule has 1 N–H and O–H groups in total. The Bertz CT molecular complexity index is 431. The minimum atomic E-state index is -0.656. The van der Waals surface area contributed by atoms with Crippen molar-refractivity contribution in [3.63, 3.8) is 0 Å². The predicted molar refractivity (Wildman–Crippen MR) is 50.5 cm³/mol. The van der Waals surface area contributed by atoms with Gasteiger partial charge in [-0.25, -0.2) is 0 Å². The lowest BCUT2D eigenvalue weighted by Crippen LogP contribution is -2.05. The highest BCUT2D eigenvalue weighted by atomic mass is 16.3. The van der Waals surface area contributed by atoms with Gasteiger partial charge in [0.1, 0.15) is 6.10 Å². The van der Waals surface area contributed by atoms with Gasteiger partial charge >= 0.3 is 0 Å². The van der Waals surface area contributed by atoms with Crippen LogP contribution in [0.1, 0.15) is 17.4 Å². The van der Waals surface area contributed by atoms with Crippen molar-refractivity contribution in [2.24, 2.45) is 14.1 Å². The van der Waals surface area contributed by atoms with Gasteiger partial charge in [-0.2, -0.15) is 10.2 Å². The molecule has 2 aromatic heterocycles. The molecule has 2 heterocycles. The van der Waals surface area contributed by atoms with Crippen LogP contribution in [0, 0.1) is 0 Å². The minimum absolute atomic E-state index is 0.656. The Labute approximate surface area is 81.6 Å². The Morgan fingerprint density at radius 2 is 2.14 bits per heavy atom.